The van der Waals surface area contributed by atoms with Gasteiger partial charge in [-0.1, -0.05) is 29.8 Å². The van der Waals surface area contributed by atoms with Crippen LogP contribution in [-0.2, 0) is 9.53 Å². The van der Waals surface area contributed by atoms with Crippen LogP contribution in [0.15, 0.2) is 0 Å². The molecule has 5 rings (SSSR count). The fourth-order valence-corrected chi connectivity index (χ4v) is 9.20. The molecule has 4 aliphatic carbocycles. The van der Waals surface area contributed by atoms with Crippen LogP contribution in [0.5, 0.6) is 0 Å². The van der Waals surface area contributed by atoms with Crippen molar-refractivity contribution in [2.75, 3.05) is 6.61 Å². The van der Waals surface area contributed by atoms with Crippen molar-refractivity contribution in [3.05, 3.63) is 0 Å². The van der Waals surface area contributed by atoms with Crippen molar-refractivity contribution in [3.63, 3.8) is 0 Å². The highest BCUT2D eigenvalue weighted by Crippen LogP contribution is 2.72. The number of carbonyl (C=O) groups excluding carboxylic acids is 1. The normalized spacial score (nSPS) is 61.0. The zero-order valence-corrected chi connectivity index (χ0v) is 16.0. The van der Waals surface area contributed by atoms with Crippen molar-refractivity contribution in [1.29, 1.82) is 0 Å². The summed E-state index contributed by atoms with van der Waals surface area (Å²) in [5.74, 6) is 3.50. The number of carbonyl (C=O) groups is 1. The topological polar surface area (TPSA) is 26.3 Å². The molecule has 1 heterocycles. The van der Waals surface area contributed by atoms with Crippen molar-refractivity contribution in [1.82, 2.24) is 0 Å². The molecule has 5 aliphatic rings. The van der Waals surface area contributed by atoms with Crippen molar-refractivity contribution >= 4 is 21.7 Å². The number of hydrogen-bond donors (Lipinski definition) is 0. The average Bonchev–Trinajstić information content (AvgIpc) is 2.88. The zero-order chi connectivity index (χ0) is 16.0. The lowest BCUT2D eigenvalue weighted by atomic mass is 9.44. The highest BCUT2D eigenvalue weighted by molar-refractivity contribution is 9.10. The lowest BCUT2D eigenvalue weighted by Crippen LogP contribution is -2.62. The molecule has 3 heteroatoms. The maximum atomic E-state index is 12.5. The lowest BCUT2D eigenvalue weighted by Gasteiger charge is -2.62. The maximum absolute atomic E-state index is 12.5. The Morgan fingerprint density at radius 3 is 2.83 bits per heavy atom. The molecule has 5 fully saturated rings. The molecule has 0 radical (unpaired) electrons. The largest absolute Gasteiger partial charge is 0.376 e. The first-order chi connectivity index (χ1) is 10.9. The predicted octanol–water partition coefficient (Wildman–Crippen LogP) is 4.74. The number of ketones is 1. The van der Waals surface area contributed by atoms with E-state index in [0.29, 0.717) is 23.2 Å². The Morgan fingerprint density at radius 1 is 1.17 bits per heavy atom. The van der Waals surface area contributed by atoms with Gasteiger partial charge in [0.25, 0.3) is 0 Å². The van der Waals surface area contributed by atoms with E-state index >= 15 is 0 Å². The minimum atomic E-state index is -0.00841. The lowest BCUT2D eigenvalue weighted by molar-refractivity contribution is -0.135. The number of hydrogen-bond acceptors (Lipinski definition) is 2. The van der Waals surface area contributed by atoms with E-state index in [2.05, 4.69) is 29.8 Å². The molecule has 0 spiro atoms. The number of fused-ring (bicyclic) bond motifs is 3. The van der Waals surface area contributed by atoms with Crippen LogP contribution < -0.4 is 0 Å². The van der Waals surface area contributed by atoms with Crippen LogP contribution in [0.1, 0.15) is 65.2 Å². The van der Waals surface area contributed by atoms with Crippen molar-refractivity contribution in [2.24, 2.45) is 34.5 Å². The summed E-state index contributed by atoms with van der Waals surface area (Å²) in [6.45, 7) is 5.66. The Bertz CT molecular complexity index is 562. The number of Topliss-reactive ketones (excluding diaryl/α,β-unsaturated/α-hetero) is 1. The van der Waals surface area contributed by atoms with Gasteiger partial charge in [-0.2, -0.15) is 0 Å². The first-order valence-corrected chi connectivity index (χ1v) is 10.5. The van der Waals surface area contributed by atoms with Crippen molar-refractivity contribution in [2.45, 2.75) is 75.6 Å². The molecule has 3 unspecified atom stereocenters. The van der Waals surface area contributed by atoms with Crippen LogP contribution in [0.2, 0.25) is 0 Å². The van der Waals surface area contributed by atoms with Gasteiger partial charge in [0.15, 0.2) is 0 Å². The van der Waals surface area contributed by atoms with Crippen LogP contribution in [-0.4, -0.2) is 22.8 Å². The molecular weight excluding hydrogens is 352 g/mol. The van der Waals surface area contributed by atoms with Gasteiger partial charge in [0, 0.05) is 17.3 Å². The summed E-state index contributed by atoms with van der Waals surface area (Å²) in [5, 5.41) is 0. The fourth-order valence-electron chi connectivity index (χ4n) is 7.73. The van der Waals surface area contributed by atoms with E-state index in [1.165, 1.54) is 32.1 Å². The predicted molar refractivity (Wildman–Crippen MR) is 93.5 cm³/mol. The van der Waals surface area contributed by atoms with Crippen LogP contribution >= 0.6 is 15.9 Å². The Hall–Kier alpha value is 0.110. The van der Waals surface area contributed by atoms with Gasteiger partial charge in [-0.15, -0.1) is 0 Å². The second-order valence-electron chi connectivity index (χ2n) is 9.70. The minimum absolute atomic E-state index is 0.00841. The highest BCUT2D eigenvalue weighted by atomic mass is 79.9. The summed E-state index contributed by atoms with van der Waals surface area (Å²) in [6.07, 6.45) is 9.89. The molecule has 1 aliphatic heterocycles. The van der Waals surface area contributed by atoms with Gasteiger partial charge < -0.3 is 4.74 Å². The molecule has 0 aromatic heterocycles. The second-order valence-corrected chi connectivity index (χ2v) is 11.1. The van der Waals surface area contributed by atoms with Crippen LogP contribution in [0.4, 0.5) is 0 Å². The van der Waals surface area contributed by atoms with E-state index in [4.69, 9.17) is 4.74 Å². The third-order valence-electron chi connectivity index (χ3n) is 8.95. The summed E-state index contributed by atoms with van der Waals surface area (Å²) in [6, 6.07) is 0. The van der Waals surface area contributed by atoms with Crippen LogP contribution in [0.25, 0.3) is 0 Å². The highest BCUT2D eigenvalue weighted by Gasteiger charge is 2.71. The smallest absolute Gasteiger partial charge is 0.139 e. The molecule has 128 valence electrons. The van der Waals surface area contributed by atoms with Gasteiger partial charge in [0.2, 0.25) is 0 Å². The molecule has 1 saturated heterocycles. The summed E-state index contributed by atoms with van der Waals surface area (Å²) in [4.78, 5) is 12.5. The van der Waals surface area contributed by atoms with Gasteiger partial charge in [-0.05, 0) is 68.6 Å². The van der Waals surface area contributed by atoms with Gasteiger partial charge in [0.1, 0.15) is 5.78 Å². The summed E-state index contributed by atoms with van der Waals surface area (Å²) < 4.78 is 6.65. The fraction of sp³-hybridized carbons (Fsp3) is 0.950. The number of alkyl halides is 1. The SMILES string of the molecule is C[C@H]1CC[C@]23CO[C@H](CC4C2CC[C@]2(C)C(=O)CCC42)[C@@]3(Br)C1. The zero-order valence-electron chi connectivity index (χ0n) is 14.4. The molecular formula is C20H29BrO2. The number of halogens is 1. The van der Waals surface area contributed by atoms with Gasteiger partial charge >= 0.3 is 0 Å². The van der Waals surface area contributed by atoms with Crippen molar-refractivity contribution in [3.8, 4) is 0 Å². The van der Waals surface area contributed by atoms with Crippen LogP contribution in [0, 0.1) is 34.5 Å². The van der Waals surface area contributed by atoms with E-state index in [9.17, 15) is 4.79 Å². The number of rotatable bonds is 0. The first kappa shape index (κ1) is 15.4. The van der Waals surface area contributed by atoms with Crippen LogP contribution in [0.3, 0.4) is 0 Å². The first-order valence-electron chi connectivity index (χ1n) is 9.74. The van der Waals surface area contributed by atoms with Crippen molar-refractivity contribution < 1.29 is 9.53 Å². The molecule has 0 aromatic rings. The molecule has 8 atom stereocenters. The third-order valence-corrected chi connectivity index (χ3v) is 10.6. The Labute approximate surface area is 148 Å². The quantitative estimate of drug-likeness (QED) is 0.567. The van der Waals surface area contributed by atoms with Gasteiger partial charge in [-0.3, -0.25) is 4.79 Å². The molecule has 2 bridgehead atoms. The Kier molecular flexibility index (Phi) is 3.10. The molecule has 0 amide bonds. The minimum Gasteiger partial charge on any atom is -0.376 e. The number of ether oxygens (including phenoxy) is 1. The van der Waals surface area contributed by atoms with E-state index in [0.717, 1.165) is 43.6 Å². The third kappa shape index (κ3) is 1.67. The summed E-state index contributed by atoms with van der Waals surface area (Å²) in [7, 11) is 0. The monoisotopic (exact) mass is 380 g/mol. The summed E-state index contributed by atoms with van der Waals surface area (Å²) in [5.41, 5.74) is 0.339. The molecule has 4 saturated carbocycles. The Morgan fingerprint density at radius 2 is 2.00 bits per heavy atom. The molecule has 0 N–H and O–H groups in total. The average molecular weight is 381 g/mol. The van der Waals surface area contributed by atoms with E-state index in [1.54, 1.807) is 0 Å². The maximum Gasteiger partial charge on any atom is 0.139 e. The van der Waals surface area contributed by atoms with E-state index < -0.39 is 0 Å². The van der Waals surface area contributed by atoms with Gasteiger partial charge in [-0.25, -0.2) is 0 Å². The molecule has 0 aromatic carbocycles. The molecule has 2 nitrogen and oxygen atoms in total. The van der Waals surface area contributed by atoms with Gasteiger partial charge in [0.05, 0.1) is 17.0 Å². The standard InChI is InChI=1S/C20H29BrO2/c1-12-5-8-19-11-23-17(20(19,21)10-12)9-13-14-3-4-16(22)18(14,2)7-6-15(13)19/h12-15,17H,3-11H2,1-2H3/t12-,13?,14?,15?,17+,18-,19-,20-/m0/s1. The van der Waals surface area contributed by atoms with E-state index in [-0.39, 0.29) is 9.74 Å². The molecule has 23 heavy (non-hydrogen) atoms. The second kappa shape index (κ2) is 4.63. The Balaban J connectivity index is 1.56. The van der Waals surface area contributed by atoms with E-state index in [1.807, 2.05) is 0 Å². The summed E-state index contributed by atoms with van der Waals surface area (Å²) >= 11 is 4.27.